The highest BCUT2D eigenvalue weighted by Crippen LogP contribution is 2.40. The van der Waals surface area contributed by atoms with Crippen molar-refractivity contribution in [3.8, 4) is 6.07 Å². The second-order valence-corrected chi connectivity index (χ2v) is 4.84. The van der Waals surface area contributed by atoms with E-state index in [1.165, 1.54) is 0 Å². The molecular weight excluding hydrogens is 182 g/mol. The Morgan fingerprint density at radius 2 is 2.62 bits per heavy atom. The minimum Gasteiger partial charge on any atom is -0.472 e. The zero-order chi connectivity index (χ0) is 9.15. The predicted octanol–water partition coefficient (Wildman–Crippen LogP) is 2.61. The number of furan rings is 1. The van der Waals surface area contributed by atoms with Gasteiger partial charge in [0.1, 0.15) is 4.75 Å². The molecule has 13 heavy (non-hydrogen) atoms. The number of hydrogen-bond donors (Lipinski definition) is 0. The number of hydrogen-bond acceptors (Lipinski definition) is 3. The first-order chi connectivity index (χ1) is 6.35. The van der Waals surface area contributed by atoms with Crippen molar-refractivity contribution >= 4 is 11.8 Å². The molecule has 0 radical (unpaired) electrons. The molecule has 1 aromatic heterocycles. The topological polar surface area (TPSA) is 36.9 Å². The first-order valence-corrected chi connectivity index (χ1v) is 5.39. The molecular formula is C10H11NOS. The quantitative estimate of drug-likeness (QED) is 0.724. The molecule has 2 rings (SSSR count). The zero-order valence-electron chi connectivity index (χ0n) is 7.32. The number of nitriles is 1. The zero-order valence-corrected chi connectivity index (χ0v) is 8.14. The van der Waals surface area contributed by atoms with Crippen LogP contribution >= 0.6 is 11.8 Å². The molecule has 1 aromatic rings. The molecule has 0 amide bonds. The van der Waals surface area contributed by atoms with Crippen LogP contribution in [0.4, 0.5) is 0 Å². The number of nitrogens with zero attached hydrogens (tertiary/aromatic N) is 1. The second kappa shape index (κ2) is 3.47. The van der Waals surface area contributed by atoms with E-state index in [0.29, 0.717) is 0 Å². The summed E-state index contributed by atoms with van der Waals surface area (Å²) >= 11 is 1.79. The fourth-order valence-corrected chi connectivity index (χ4v) is 2.99. The number of rotatable bonds is 2. The molecule has 1 fully saturated rings. The third-order valence-corrected chi connectivity index (χ3v) is 3.86. The Morgan fingerprint density at radius 1 is 1.69 bits per heavy atom. The van der Waals surface area contributed by atoms with Gasteiger partial charge in [-0.05, 0) is 30.2 Å². The van der Waals surface area contributed by atoms with Crippen LogP contribution < -0.4 is 0 Å². The van der Waals surface area contributed by atoms with Gasteiger partial charge in [-0.15, -0.1) is 11.8 Å². The largest absolute Gasteiger partial charge is 0.472 e. The molecule has 1 aliphatic rings. The maximum Gasteiger partial charge on any atom is 0.106 e. The van der Waals surface area contributed by atoms with Crippen LogP contribution in [-0.2, 0) is 6.42 Å². The average Bonchev–Trinajstić information content (AvgIpc) is 2.77. The maximum atomic E-state index is 9.11. The van der Waals surface area contributed by atoms with E-state index in [4.69, 9.17) is 9.68 Å². The molecule has 1 aliphatic heterocycles. The van der Waals surface area contributed by atoms with Crippen molar-refractivity contribution in [3.05, 3.63) is 24.2 Å². The lowest BCUT2D eigenvalue weighted by molar-refractivity contribution is 0.560. The number of thioether (sulfide) groups is 1. The first kappa shape index (κ1) is 8.71. The van der Waals surface area contributed by atoms with Gasteiger partial charge in [0.05, 0.1) is 18.6 Å². The van der Waals surface area contributed by atoms with Gasteiger partial charge in [-0.3, -0.25) is 0 Å². The van der Waals surface area contributed by atoms with E-state index < -0.39 is 0 Å². The minimum atomic E-state index is -0.177. The van der Waals surface area contributed by atoms with Crippen LogP contribution in [0.1, 0.15) is 18.4 Å². The van der Waals surface area contributed by atoms with Gasteiger partial charge in [-0.25, -0.2) is 0 Å². The summed E-state index contributed by atoms with van der Waals surface area (Å²) in [5.41, 5.74) is 1.14. The Balaban J connectivity index is 2.11. The molecule has 0 aliphatic carbocycles. The highest BCUT2D eigenvalue weighted by Gasteiger charge is 2.35. The predicted molar refractivity (Wildman–Crippen MR) is 52.4 cm³/mol. The molecule has 1 unspecified atom stereocenters. The lowest BCUT2D eigenvalue weighted by atomic mass is 9.97. The molecule has 0 bridgehead atoms. The molecule has 0 saturated carbocycles. The Kier molecular flexibility index (Phi) is 2.32. The minimum absolute atomic E-state index is 0.177. The lowest BCUT2D eigenvalue weighted by Crippen LogP contribution is -2.21. The Hall–Kier alpha value is -0.880. The summed E-state index contributed by atoms with van der Waals surface area (Å²) in [6.07, 6.45) is 6.40. The fraction of sp³-hybridized carbons (Fsp3) is 0.500. The lowest BCUT2D eigenvalue weighted by Gasteiger charge is -2.17. The smallest absolute Gasteiger partial charge is 0.106 e. The summed E-state index contributed by atoms with van der Waals surface area (Å²) in [7, 11) is 0. The van der Waals surface area contributed by atoms with Crippen LogP contribution in [0.2, 0.25) is 0 Å². The van der Waals surface area contributed by atoms with Crippen molar-refractivity contribution in [1.29, 1.82) is 5.26 Å². The molecule has 0 N–H and O–H groups in total. The van der Waals surface area contributed by atoms with Crippen molar-refractivity contribution in [2.24, 2.45) is 0 Å². The highest BCUT2D eigenvalue weighted by atomic mass is 32.2. The van der Waals surface area contributed by atoms with Crippen LogP contribution in [-0.4, -0.2) is 10.5 Å². The Bertz CT molecular complexity index is 306. The standard InChI is InChI=1S/C10H11NOS/c11-8-10(3-1-5-13-10)6-9-2-4-12-7-9/h2,4,7H,1,3,5-6H2. The molecule has 3 heteroatoms. The monoisotopic (exact) mass is 193 g/mol. The molecule has 68 valence electrons. The van der Waals surface area contributed by atoms with E-state index in [0.717, 1.165) is 30.6 Å². The van der Waals surface area contributed by atoms with Gasteiger partial charge in [-0.2, -0.15) is 5.26 Å². The van der Waals surface area contributed by atoms with Gasteiger partial charge in [-0.1, -0.05) is 0 Å². The van der Waals surface area contributed by atoms with Crippen molar-refractivity contribution < 1.29 is 4.42 Å². The van der Waals surface area contributed by atoms with Gasteiger partial charge in [0.2, 0.25) is 0 Å². The van der Waals surface area contributed by atoms with E-state index in [1.54, 1.807) is 24.3 Å². The molecule has 2 nitrogen and oxygen atoms in total. The first-order valence-electron chi connectivity index (χ1n) is 4.41. The summed E-state index contributed by atoms with van der Waals surface area (Å²) in [6.45, 7) is 0. The maximum absolute atomic E-state index is 9.11. The van der Waals surface area contributed by atoms with Gasteiger partial charge in [0.25, 0.3) is 0 Å². The Labute approximate surface area is 81.9 Å². The van der Waals surface area contributed by atoms with Crippen LogP contribution in [0.15, 0.2) is 23.0 Å². The third kappa shape index (κ3) is 1.73. The fourth-order valence-electron chi connectivity index (χ4n) is 1.69. The Morgan fingerprint density at radius 3 is 3.15 bits per heavy atom. The van der Waals surface area contributed by atoms with Crippen molar-refractivity contribution in [2.45, 2.75) is 24.0 Å². The summed E-state index contributed by atoms with van der Waals surface area (Å²) in [5.74, 6) is 1.12. The molecule has 1 atom stereocenters. The van der Waals surface area contributed by atoms with E-state index in [-0.39, 0.29) is 4.75 Å². The van der Waals surface area contributed by atoms with Crippen molar-refractivity contribution in [3.63, 3.8) is 0 Å². The highest BCUT2D eigenvalue weighted by molar-refractivity contribution is 8.01. The van der Waals surface area contributed by atoms with Crippen LogP contribution in [0, 0.1) is 11.3 Å². The van der Waals surface area contributed by atoms with E-state index in [9.17, 15) is 0 Å². The average molecular weight is 193 g/mol. The van der Waals surface area contributed by atoms with Crippen LogP contribution in [0.25, 0.3) is 0 Å². The molecule has 1 saturated heterocycles. The molecule has 2 heterocycles. The SMILES string of the molecule is N#CC1(Cc2ccoc2)CCCS1. The molecule has 0 aromatic carbocycles. The van der Waals surface area contributed by atoms with Gasteiger partial charge in [0, 0.05) is 6.42 Å². The van der Waals surface area contributed by atoms with Gasteiger partial charge in [0.15, 0.2) is 0 Å². The molecule has 0 spiro atoms. The summed E-state index contributed by atoms with van der Waals surface area (Å²) in [6, 6.07) is 4.38. The summed E-state index contributed by atoms with van der Waals surface area (Å²) < 4.78 is 4.82. The normalized spacial score (nSPS) is 27.3. The second-order valence-electron chi connectivity index (χ2n) is 3.37. The van der Waals surface area contributed by atoms with E-state index in [1.807, 2.05) is 6.07 Å². The van der Waals surface area contributed by atoms with Gasteiger partial charge < -0.3 is 4.42 Å². The van der Waals surface area contributed by atoms with Crippen LogP contribution in [0.5, 0.6) is 0 Å². The van der Waals surface area contributed by atoms with E-state index in [2.05, 4.69) is 6.07 Å². The summed E-state index contributed by atoms with van der Waals surface area (Å²) in [5, 5.41) is 9.11. The summed E-state index contributed by atoms with van der Waals surface area (Å²) in [4.78, 5) is 0. The van der Waals surface area contributed by atoms with Crippen molar-refractivity contribution in [2.75, 3.05) is 5.75 Å². The van der Waals surface area contributed by atoms with Gasteiger partial charge >= 0.3 is 0 Å². The van der Waals surface area contributed by atoms with Crippen LogP contribution in [0.3, 0.4) is 0 Å². The van der Waals surface area contributed by atoms with E-state index >= 15 is 0 Å². The third-order valence-electron chi connectivity index (χ3n) is 2.38. The van der Waals surface area contributed by atoms with Crippen molar-refractivity contribution in [1.82, 2.24) is 0 Å².